The zero-order chi connectivity index (χ0) is 14.0. The average Bonchev–Trinajstić information content (AvgIpc) is 2.80. The van der Waals surface area contributed by atoms with Gasteiger partial charge >= 0.3 is 6.18 Å². The van der Waals surface area contributed by atoms with Gasteiger partial charge in [-0.25, -0.2) is 4.39 Å². The normalized spacial score (nSPS) is 13.5. The third kappa shape index (κ3) is 3.33. The van der Waals surface area contributed by atoms with Crippen LogP contribution in [0.2, 0.25) is 0 Å². The Morgan fingerprint density at radius 2 is 1.95 bits per heavy atom. The van der Waals surface area contributed by atoms with Crippen LogP contribution in [0.5, 0.6) is 0 Å². The molecule has 1 heterocycles. The molecule has 1 aromatic heterocycles. The van der Waals surface area contributed by atoms with E-state index in [1.165, 1.54) is 11.3 Å². The number of thiophene rings is 1. The third-order valence-electron chi connectivity index (χ3n) is 2.69. The summed E-state index contributed by atoms with van der Waals surface area (Å²) in [5, 5.41) is 13.4. The number of benzene rings is 1. The summed E-state index contributed by atoms with van der Waals surface area (Å²) in [5.74, 6) is -0.837. The van der Waals surface area contributed by atoms with Crippen LogP contribution in [0, 0.1) is 5.82 Å². The minimum Gasteiger partial charge on any atom is -0.388 e. The molecule has 1 atom stereocenters. The van der Waals surface area contributed by atoms with Gasteiger partial charge in [-0.2, -0.15) is 24.5 Å². The van der Waals surface area contributed by atoms with Crippen molar-refractivity contribution in [2.24, 2.45) is 0 Å². The number of halogens is 4. The van der Waals surface area contributed by atoms with Gasteiger partial charge in [0.2, 0.25) is 0 Å². The lowest BCUT2D eigenvalue weighted by molar-refractivity contribution is -0.137. The van der Waals surface area contributed by atoms with Crippen molar-refractivity contribution in [1.29, 1.82) is 0 Å². The van der Waals surface area contributed by atoms with Crippen molar-refractivity contribution in [2.45, 2.75) is 18.7 Å². The number of aliphatic hydroxyl groups is 1. The van der Waals surface area contributed by atoms with Crippen molar-refractivity contribution in [3.05, 3.63) is 57.5 Å². The molecule has 0 aliphatic rings. The van der Waals surface area contributed by atoms with Gasteiger partial charge in [0.1, 0.15) is 5.82 Å². The smallest absolute Gasteiger partial charge is 0.388 e. The van der Waals surface area contributed by atoms with Gasteiger partial charge < -0.3 is 5.11 Å². The molecule has 2 rings (SSSR count). The highest BCUT2D eigenvalue weighted by molar-refractivity contribution is 7.07. The van der Waals surface area contributed by atoms with E-state index in [1.54, 1.807) is 16.8 Å². The second-order valence-electron chi connectivity index (χ2n) is 4.09. The van der Waals surface area contributed by atoms with Gasteiger partial charge in [0, 0.05) is 12.0 Å². The second-order valence-corrected chi connectivity index (χ2v) is 4.87. The Labute approximate surface area is 111 Å². The van der Waals surface area contributed by atoms with Crippen molar-refractivity contribution >= 4 is 11.3 Å². The predicted octanol–water partition coefficient (Wildman–Crippen LogP) is 4.18. The number of hydrogen-bond acceptors (Lipinski definition) is 2. The molecule has 1 N–H and O–H groups in total. The molecule has 0 amide bonds. The second kappa shape index (κ2) is 5.30. The van der Waals surface area contributed by atoms with Crippen LogP contribution in [-0.2, 0) is 12.6 Å². The van der Waals surface area contributed by atoms with Gasteiger partial charge in [0.25, 0.3) is 0 Å². The Bertz CT molecular complexity index is 548. The fourth-order valence-corrected chi connectivity index (χ4v) is 2.40. The highest BCUT2D eigenvalue weighted by atomic mass is 32.1. The maximum atomic E-state index is 13.5. The molecule has 0 bridgehead atoms. The molecule has 0 saturated heterocycles. The highest BCUT2D eigenvalue weighted by Gasteiger charge is 2.31. The molecule has 102 valence electrons. The van der Waals surface area contributed by atoms with E-state index in [4.69, 9.17) is 0 Å². The predicted molar refractivity (Wildman–Crippen MR) is 64.4 cm³/mol. The molecule has 2 aromatic rings. The number of rotatable bonds is 3. The first kappa shape index (κ1) is 14.0. The van der Waals surface area contributed by atoms with Crippen LogP contribution in [-0.4, -0.2) is 5.11 Å². The Hall–Kier alpha value is -1.40. The molecule has 1 aromatic carbocycles. The molecular weight excluding hydrogens is 280 g/mol. The lowest BCUT2D eigenvalue weighted by atomic mass is 10.0. The van der Waals surface area contributed by atoms with Crippen molar-refractivity contribution in [1.82, 2.24) is 0 Å². The van der Waals surface area contributed by atoms with Gasteiger partial charge in [0.05, 0.1) is 11.7 Å². The molecule has 0 radical (unpaired) electrons. The molecule has 6 heteroatoms. The minimum atomic E-state index is -4.55. The fraction of sp³-hybridized carbons (Fsp3) is 0.231. The lowest BCUT2D eigenvalue weighted by Crippen LogP contribution is -2.09. The zero-order valence-corrected chi connectivity index (χ0v) is 10.4. The summed E-state index contributed by atoms with van der Waals surface area (Å²) >= 11 is 1.40. The van der Waals surface area contributed by atoms with E-state index in [0.717, 1.165) is 11.6 Å². The van der Waals surface area contributed by atoms with Crippen LogP contribution < -0.4 is 0 Å². The van der Waals surface area contributed by atoms with Crippen molar-refractivity contribution in [2.75, 3.05) is 0 Å². The Morgan fingerprint density at radius 3 is 2.53 bits per heavy atom. The van der Waals surface area contributed by atoms with Crippen LogP contribution >= 0.6 is 11.3 Å². The Kier molecular flexibility index (Phi) is 3.91. The monoisotopic (exact) mass is 290 g/mol. The molecule has 0 aliphatic carbocycles. The Morgan fingerprint density at radius 1 is 1.21 bits per heavy atom. The van der Waals surface area contributed by atoms with Gasteiger partial charge in [-0.15, -0.1) is 0 Å². The van der Waals surface area contributed by atoms with Crippen molar-refractivity contribution < 1.29 is 22.7 Å². The van der Waals surface area contributed by atoms with E-state index in [1.807, 2.05) is 0 Å². The van der Waals surface area contributed by atoms with Gasteiger partial charge in [0.15, 0.2) is 0 Å². The SMILES string of the molecule is OC(Cc1ccsc1)c1cc(C(F)(F)F)ccc1F. The molecule has 1 nitrogen and oxygen atoms in total. The van der Waals surface area contributed by atoms with E-state index in [0.29, 0.717) is 12.1 Å². The van der Waals surface area contributed by atoms with Crippen LogP contribution in [0.25, 0.3) is 0 Å². The van der Waals surface area contributed by atoms with E-state index in [-0.39, 0.29) is 12.0 Å². The zero-order valence-electron chi connectivity index (χ0n) is 9.62. The van der Waals surface area contributed by atoms with Crippen molar-refractivity contribution in [3.8, 4) is 0 Å². The first-order chi connectivity index (χ1) is 8.88. The molecule has 0 saturated carbocycles. The van der Waals surface area contributed by atoms with E-state index in [2.05, 4.69) is 0 Å². The highest BCUT2D eigenvalue weighted by Crippen LogP contribution is 2.32. The molecular formula is C13H10F4OS. The molecule has 0 spiro atoms. The number of aliphatic hydroxyl groups excluding tert-OH is 1. The summed E-state index contributed by atoms with van der Waals surface area (Å²) < 4.78 is 51.1. The van der Waals surface area contributed by atoms with Gasteiger partial charge in [-0.1, -0.05) is 0 Å². The first-order valence-electron chi connectivity index (χ1n) is 5.43. The Balaban J connectivity index is 2.28. The lowest BCUT2D eigenvalue weighted by Gasteiger charge is -2.14. The molecule has 0 fully saturated rings. The average molecular weight is 290 g/mol. The first-order valence-corrected chi connectivity index (χ1v) is 6.38. The fourth-order valence-electron chi connectivity index (χ4n) is 1.72. The summed E-state index contributed by atoms with van der Waals surface area (Å²) in [6.07, 6.45) is -5.76. The molecule has 19 heavy (non-hydrogen) atoms. The van der Waals surface area contributed by atoms with Crippen LogP contribution in [0.3, 0.4) is 0 Å². The summed E-state index contributed by atoms with van der Waals surface area (Å²) in [5.41, 5.74) is -0.538. The largest absolute Gasteiger partial charge is 0.416 e. The summed E-state index contributed by atoms with van der Waals surface area (Å²) in [6, 6.07) is 3.79. The molecule has 0 aliphatic heterocycles. The minimum absolute atomic E-state index is 0.0851. The van der Waals surface area contributed by atoms with Gasteiger partial charge in [-0.05, 0) is 40.6 Å². The number of hydrogen-bond donors (Lipinski definition) is 1. The van der Waals surface area contributed by atoms with E-state index >= 15 is 0 Å². The van der Waals surface area contributed by atoms with Crippen LogP contribution in [0.15, 0.2) is 35.0 Å². The summed E-state index contributed by atoms with van der Waals surface area (Å²) in [7, 11) is 0. The summed E-state index contributed by atoms with van der Waals surface area (Å²) in [4.78, 5) is 0. The maximum Gasteiger partial charge on any atom is 0.416 e. The molecule has 1 unspecified atom stereocenters. The topological polar surface area (TPSA) is 20.2 Å². The van der Waals surface area contributed by atoms with E-state index < -0.39 is 23.7 Å². The maximum absolute atomic E-state index is 13.5. The van der Waals surface area contributed by atoms with Crippen LogP contribution in [0.1, 0.15) is 22.8 Å². The van der Waals surface area contributed by atoms with E-state index in [9.17, 15) is 22.7 Å². The quantitative estimate of drug-likeness (QED) is 0.841. The van der Waals surface area contributed by atoms with Crippen LogP contribution in [0.4, 0.5) is 17.6 Å². The standard InChI is InChI=1S/C13H10F4OS/c14-11-2-1-9(13(15,16)17)6-10(11)12(18)5-8-3-4-19-7-8/h1-4,6-7,12,18H,5H2. The third-order valence-corrected chi connectivity index (χ3v) is 3.42. The van der Waals surface area contributed by atoms with Crippen molar-refractivity contribution in [3.63, 3.8) is 0 Å². The number of alkyl halides is 3. The summed E-state index contributed by atoms with van der Waals surface area (Å²) in [6.45, 7) is 0. The van der Waals surface area contributed by atoms with Gasteiger partial charge in [-0.3, -0.25) is 0 Å².